The van der Waals surface area contributed by atoms with Gasteiger partial charge in [0.2, 0.25) is 0 Å². The van der Waals surface area contributed by atoms with Gasteiger partial charge in [0.1, 0.15) is 17.2 Å². The molecule has 7 nitrogen and oxygen atoms in total. The number of hydrazone groups is 1. The van der Waals surface area contributed by atoms with Gasteiger partial charge in [0.05, 0.1) is 18.4 Å². The van der Waals surface area contributed by atoms with Crippen molar-refractivity contribution in [2.24, 2.45) is 5.10 Å². The molecular formula is C23H19BrN2O5. The number of aromatic hydroxyl groups is 1. The van der Waals surface area contributed by atoms with E-state index in [2.05, 4.69) is 26.5 Å². The maximum atomic E-state index is 12.5. The molecule has 31 heavy (non-hydrogen) atoms. The van der Waals surface area contributed by atoms with Crippen molar-refractivity contribution in [2.45, 2.75) is 6.92 Å². The van der Waals surface area contributed by atoms with Crippen molar-refractivity contribution >= 4 is 34.0 Å². The van der Waals surface area contributed by atoms with E-state index in [0.717, 1.165) is 4.47 Å². The van der Waals surface area contributed by atoms with Gasteiger partial charge in [-0.2, -0.15) is 5.10 Å². The Morgan fingerprint density at radius 2 is 1.71 bits per heavy atom. The predicted octanol–water partition coefficient (Wildman–Crippen LogP) is 4.54. The standard InChI is InChI=1S/C23H19BrN2O5/c1-2-30-20-10-5-16(6-11-20)23(29)31-21-12-7-18(24)13-17(21)14-25-26-22(28)15-3-8-19(27)9-4-15/h3-14,27H,2H2,1H3,(H,26,28). The molecule has 0 unspecified atom stereocenters. The van der Waals surface area contributed by atoms with Gasteiger partial charge in [0.25, 0.3) is 5.91 Å². The number of nitrogens with zero attached hydrogens (tertiary/aromatic N) is 1. The first-order valence-corrected chi connectivity index (χ1v) is 10.1. The highest BCUT2D eigenvalue weighted by Gasteiger charge is 2.12. The molecule has 1 amide bonds. The molecule has 3 rings (SSSR count). The predicted molar refractivity (Wildman–Crippen MR) is 120 cm³/mol. The Bertz CT molecular complexity index is 1100. The third-order valence-corrected chi connectivity index (χ3v) is 4.57. The largest absolute Gasteiger partial charge is 0.508 e. The van der Waals surface area contributed by atoms with Crippen LogP contribution < -0.4 is 14.9 Å². The molecule has 0 saturated heterocycles. The number of rotatable bonds is 7. The van der Waals surface area contributed by atoms with Crippen LogP contribution in [0.5, 0.6) is 17.2 Å². The molecule has 158 valence electrons. The van der Waals surface area contributed by atoms with E-state index in [1.807, 2.05) is 6.92 Å². The first-order chi connectivity index (χ1) is 15.0. The van der Waals surface area contributed by atoms with Gasteiger partial charge in [-0.15, -0.1) is 0 Å². The molecule has 0 fully saturated rings. The minimum atomic E-state index is -0.534. The molecule has 0 atom stereocenters. The van der Waals surface area contributed by atoms with Crippen LogP contribution >= 0.6 is 15.9 Å². The average molecular weight is 483 g/mol. The minimum Gasteiger partial charge on any atom is -0.508 e. The van der Waals surface area contributed by atoms with Gasteiger partial charge in [0.15, 0.2) is 0 Å². The summed E-state index contributed by atoms with van der Waals surface area (Å²) in [5.41, 5.74) is 3.59. The highest BCUT2D eigenvalue weighted by molar-refractivity contribution is 9.10. The smallest absolute Gasteiger partial charge is 0.343 e. The summed E-state index contributed by atoms with van der Waals surface area (Å²) in [5, 5.41) is 13.2. The second-order valence-corrected chi connectivity index (χ2v) is 7.19. The van der Waals surface area contributed by atoms with E-state index in [0.29, 0.717) is 29.0 Å². The number of benzene rings is 3. The van der Waals surface area contributed by atoms with Gasteiger partial charge < -0.3 is 14.6 Å². The first-order valence-electron chi connectivity index (χ1n) is 9.33. The number of halogens is 1. The third-order valence-electron chi connectivity index (χ3n) is 4.07. The lowest BCUT2D eigenvalue weighted by molar-refractivity contribution is 0.0734. The lowest BCUT2D eigenvalue weighted by Gasteiger charge is -2.09. The van der Waals surface area contributed by atoms with Crippen LogP contribution in [0.4, 0.5) is 0 Å². The lowest BCUT2D eigenvalue weighted by atomic mass is 10.2. The van der Waals surface area contributed by atoms with E-state index < -0.39 is 11.9 Å². The monoisotopic (exact) mass is 482 g/mol. The molecule has 2 N–H and O–H groups in total. The number of carbonyl (C=O) groups excluding carboxylic acids is 2. The zero-order valence-corrected chi connectivity index (χ0v) is 18.1. The fourth-order valence-electron chi connectivity index (χ4n) is 2.56. The van der Waals surface area contributed by atoms with Crippen molar-refractivity contribution < 1.29 is 24.2 Å². The second kappa shape index (κ2) is 10.4. The highest BCUT2D eigenvalue weighted by atomic mass is 79.9. The Kier molecular flexibility index (Phi) is 7.40. The molecular weight excluding hydrogens is 464 g/mol. The number of amides is 1. The highest BCUT2D eigenvalue weighted by Crippen LogP contribution is 2.23. The Hall–Kier alpha value is -3.65. The van der Waals surface area contributed by atoms with Gasteiger partial charge in [-0.05, 0) is 73.7 Å². The average Bonchev–Trinajstić information content (AvgIpc) is 2.76. The maximum absolute atomic E-state index is 12.5. The third kappa shape index (κ3) is 6.16. The number of phenols is 1. The van der Waals surface area contributed by atoms with Crippen molar-refractivity contribution in [2.75, 3.05) is 6.61 Å². The normalized spacial score (nSPS) is 10.6. The number of ether oxygens (including phenoxy) is 2. The minimum absolute atomic E-state index is 0.0631. The molecule has 3 aromatic carbocycles. The van der Waals surface area contributed by atoms with Gasteiger partial charge in [0, 0.05) is 15.6 Å². The van der Waals surface area contributed by atoms with E-state index in [-0.39, 0.29) is 11.5 Å². The number of hydrogen-bond acceptors (Lipinski definition) is 6. The number of esters is 1. The molecule has 0 bridgehead atoms. The summed E-state index contributed by atoms with van der Waals surface area (Å²) >= 11 is 3.37. The fourth-order valence-corrected chi connectivity index (χ4v) is 2.94. The number of phenolic OH excluding ortho intramolecular Hbond substituents is 1. The maximum Gasteiger partial charge on any atom is 0.343 e. The summed E-state index contributed by atoms with van der Waals surface area (Å²) in [5.74, 6) is 0.0325. The van der Waals surface area contributed by atoms with Crippen LogP contribution in [0.1, 0.15) is 33.2 Å². The summed E-state index contributed by atoms with van der Waals surface area (Å²) in [6, 6.07) is 17.5. The summed E-state index contributed by atoms with van der Waals surface area (Å²) in [7, 11) is 0. The van der Waals surface area contributed by atoms with Crippen molar-refractivity contribution in [3.05, 3.63) is 87.9 Å². The molecule has 0 heterocycles. The molecule has 0 aromatic heterocycles. The zero-order chi connectivity index (χ0) is 22.2. The fraction of sp³-hybridized carbons (Fsp3) is 0.0870. The van der Waals surface area contributed by atoms with Crippen LogP contribution in [-0.2, 0) is 0 Å². The van der Waals surface area contributed by atoms with Crippen LogP contribution in [0.15, 0.2) is 76.3 Å². The molecule has 0 spiro atoms. The molecule has 0 saturated carbocycles. The Morgan fingerprint density at radius 3 is 2.39 bits per heavy atom. The first kappa shape index (κ1) is 22.0. The summed E-state index contributed by atoms with van der Waals surface area (Å²) < 4.78 is 11.6. The lowest BCUT2D eigenvalue weighted by Crippen LogP contribution is -2.17. The molecule has 0 aliphatic heterocycles. The van der Waals surface area contributed by atoms with Crippen LogP contribution in [0.2, 0.25) is 0 Å². The topological polar surface area (TPSA) is 97.2 Å². The van der Waals surface area contributed by atoms with Gasteiger partial charge in [-0.25, -0.2) is 10.2 Å². The van der Waals surface area contributed by atoms with Gasteiger partial charge >= 0.3 is 5.97 Å². The van der Waals surface area contributed by atoms with Crippen LogP contribution in [0.3, 0.4) is 0 Å². The van der Waals surface area contributed by atoms with Crippen LogP contribution in [-0.4, -0.2) is 29.8 Å². The quantitative estimate of drug-likeness (QED) is 0.223. The summed E-state index contributed by atoms with van der Waals surface area (Å²) in [4.78, 5) is 24.6. The molecule has 0 aliphatic carbocycles. The number of hydrogen-bond donors (Lipinski definition) is 2. The van der Waals surface area contributed by atoms with Crippen molar-refractivity contribution in [1.29, 1.82) is 0 Å². The Labute approximate surface area is 187 Å². The van der Waals surface area contributed by atoms with Gasteiger partial charge in [-0.1, -0.05) is 15.9 Å². The Morgan fingerprint density at radius 1 is 1.03 bits per heavy atom. The van der Waals surface area contributed by atoms with E-state index in [9.17, 15) is 14.7 Å². The van der Waals surface area contributed by atoms with E-state index in [1.54, 1.807) is 42.5 Å². The summed E-state index contributed by atoms with van der Waals surface area (Å²) in [6.45, 7) is 2.42. The van der Waals surface area contributed by atoms with Crippen LogP contribution in [0, 0.1) is 0 Å². The molecule has 3 aromatic rings. The zero-order valence-electron chi connectivity index (χ0n) is 16.5. The van der Waals surface area contributed by atoms with Crippen molar-refractivity contribution in [1.82, 2.24) is 5.43 Å². The van der Waals surface area contributed by atoms with E-state index >= 15 is 0 Å². The van der Waals surface area contributed by atoms with Crippen LogP contribution in [0.25, 0.3) is 0 Å². The van der Waals surface area contributed by atoms with Gasteiger partial charge in [-0.3, -0.25) is 4.79 Å². The summed E-state index contributed by atoms with van der Waals surface area (Å²) in [6.07, 6.45) is 1.38. The molecule has 0 aliphatic rings. The Balaban J connectivity index is 1.71. The van der Waals surface area contributed by atoms with Crippen molar-refractivity contribution in [3.8, 4) is 17.2 Å². The number of carbonyl (C=O) groups is 2. The van der Waals surface area contributed by atoms with Crippen molar-refractivity contribution in [3.63, 3.8) is 0 Å². The molecule has 0 radical (unpaired) electrons. The van der Waals surface area contributed by atoms with E-state index in [1.165, 1.54) is 30.5 Å². The second-order valence-electron chi connectivity index (χ2n) is 6.28. The number of nitrogens with one attached hydrogen (secondary N) is 1. The SMILES string of the molecule is CCOc1ccc(C(=O)Oc2ccc(Br)cc2C=NNC(=O)c2ccc(O)cc2)cc1. The molecule has 8 heteroatoms. The van der Waals surface area contributed by atoms with E-state index in [4.69, 9.17) is 9.47 Å².